The van der Waals surface area contributed by atoms with Gasteiger partial charge in [-0.25, -0.2) is 0 Å². The number of aliphatic imine (C=N–C) groups is 1. The average Bonchev–Trinajstić information content (AvgIpc) is 3.14. The van der Waals surface area contributed by atoms with E-state index in [-0.39, 0.29) is 5.91 Å². The fourth-order valence-corrected chi connectivity index (χ4v) is 5.28. The third-order valence-corrected chi connectivity index (χ3v) is 6.92. The lowest BCUT2D eigenvalue weighted by Gasteiger charge is -2.14. The van der Waals surface area contributed by atoms with E-state index in [1.165, 1.54) is 22.2 Å². The zero-order valence-corrected chi connectivity index (χ0v) is 16.3. The van der Waals surface area contributed by atoms with Crippen LogP contribution in [-0.4, -0.2) is 36.6 Å². The molecule has 0 unspecified atom stereocenters. The Morgan fingerprint density at radius 1 is 0.923 bits per heavy atom. The molecule has 1 amide bonds. The Bertz CT molecular complexity index is 908. The number of hydrogen-bond donors (Lipinski definition) is 0. The molecule has 4 nitrogen and oxygen atoms in total. The summed E-state index contributed by atoms with van der Waals surface area (Å²) in [6.45, 7) is 0.676. The Hall–Kier alpha value is -2.18. The summed E-state index contributed by atoms with van der Waals surface area (Å²) in [5.74, 6) is 0.0237. The first kappa shape index (κ1) is 17.2. The molecule has 0 spiro atoms. The first-order chi connectivity index (χ1) is 12.6. The van der Waals surface area contributed by atoms with Gasteiger partial charge in [-0.15, -0.1) is 0 Å². The normalized spacial score (nSPS) is 21.0. The Kier molecular flexibility index (Phi) is 4.78. The summed E-state index contributed by atoms with van der Waals surface area (Å²) in [6, 6.07) is 18.5. The van der Waals surface area contributed by atoms with Gasteiger partial charge in [-0.3, -0.25) is 14.7 Å². The second-order valence-corrected chi connectivity index (χ2v) is 8.14. The third-order valence-electron chi connectivity index (χ3n) is 4.40. The van der Waals surface area contributed by atoms with Crippen molar-refractivity contribution in [3.63, 3.8) is 0 Å². The molecule has 2 heterocycles. The SMILES string of the molecule is CN1C(=O)/C(=C2/Sc3ccccc3N2C)SC1=NCCc1ccccc1. The fraction of sp³-hybridized carbons (Fsp3) is 0.200. The number of thioether (sulfide) groups is 2. The van der Waals surface area contributed by atoms with Crippen molar-refractivity contribution in [3.8, 4) is 0 Å². The molecular formula is C20H19N3OS2. The maximum absolute atomic E-state index is 12.8. The highest BCUT2D eigenvalue weighted by molar-refractivity contribution is 8.19. The average molecular weight is 382 g/mol. The van der Waals surface area contributed by atoms with Crippen molar-refractivity contribution in [3.05, 3.63) is 70.1 Å². The van der Waals surface area contributed by atoms with Crippen LogP contribution in [0.1, 0.15) is 5.56 Å². The summed E-state index contributed by atoms with van der Waals surface area (Å²) in [5.41, 5.74) is 2.40. The van der Waals surface area contributed by atoms with E-state index < -0.39 is 0 Å². The van der Waals surface area contributed by atoms with Gasteiger partial charge in [-0.2, -0.15) is 0 Å². The van der Waals surface area contributed by atoms with Crippen LogP contribution in [0, 0.1) is 0 Å². The first-order valence-corrected chi connectivity index (χ1v) is 10.1. The summed E-state index contributed by atoms with van der Waals surface area (Å²) < 4.78 is 0. The lowest BCUT2D eigenvalue weighted by Crippen LogP contribution is -2.25. The molecule has 1 saturated heterocycles. The fourth-order valence-electron chi connectivity index (χ4n) is 2.94. The van der Waals surface area contributed by atoms with Crippen molar-refractivity contribution in [2.24, 2.45) is 4.99 Å². The van der Waals surface area contributed by atoms with E-state index >= 15 is 0 Å². The number of hydrogen-bond acceptors (Lipinski definition) is 5. The number of carbonyl (C=O) groups is 1. The number of benzene rings is 2. The predicted molar refractivity (Wildman–Crippen MR) is 111 cm³/mol. The lowest BCUT2D eigenvalue weighted by molar-refractivity contribution is -0.121. The molecule has 6 heteroatoms. The number of rotatable bonds is 3. The Morgan fingerprint density at radius 2 is 1.65 bits per heavy atom. The maximum Gasteiger partial charge on any atom is 0.269 e. The van der Waals surface area contributed by atoms with E-state index in [2.05, 4.69) is 34.2 Å². The van der Waals surface area contributed by atoms with Gasteiger partial charge in [-0.1, -0.05) is 54.2 Å². The van der Waals surface area contributed by atoms with Gasteiger partial charge in [-0.05, 0) is 35.9 Å². The number of carbonyl (C=O) groups excluding carboxylic acids is 1. The van der Waals surface area contributed by atoms with Crippen molar-refractivity contribution in [1.82, 2.24) is 4.90 Å². The van der Waals surface area contributed by atoms with Crippen LogP contribution in [0.25, 0.3) is 0 Å². The molecule has 0 bridgehead atoms. The number of amides is 1. The van der Waals surface area contributed by atoms with Crippen LogP contribution in [0.5, 0.6) is 0 Å². The largest absolute Gasteiger partial charge is 0.337 e. The summed E-state index contributed by atoms with van der Waals surface area (Å²) in [6.07, 6.45) is 0.874. The molecule has 2 aliphatic heterocycles. The molecule has 2 aromatic carbocycles. The van der Waals surface area contributed by atoms with E-state index in [1.54, 1.807) is 23.7 Å². The molecule has 2 aliphatic rings. The summed E-state index contributed by atoms with van der Waals surface area (Å²) in [5, 5.41) is 1.76. The molecular weight excluding hydrogens is 362 g/mol. The van der Waals surface area contributed by atoms with Crippen LogP contribution in [0.3, 0.4) is 0 Å². The van der Waals surface area contributed by atoms with Crippen LogP contribution >= 0.6 is 23.5 Å². The van der Waals surface area contributed by atoms with Crippen LogP contribution in [0.2, 0.25) is 0 Å². The highest BCUT2D eigenvalue weighted by atomic mass is 32.2. The Balaban J connectivity index is 1.53. The molecule has 0 aromatic heterocycles. The molecule has 0 N–H and O–H groups in total. The number of anilines is 1. The van der Waals surface area contributed by atoms with E-state index in [1.807, 2.05) is 37.4 Å². The van der Waals surface area contributed by atoms with E-state index in [0.29, 0.717) is 6.54 Å². The molecule has 2 aromatic rings. The number of likely N-dealkylation sites (N-methyl/N-ethyl adjacent to an activating group) is 1. The molecule has 132 valence electrons. The van der Waals surface area contributed by atoms with Crippen molar-refractivity contribution in [2.45, 2.75) is 11.3 Å². The van der Waals surface area contributed by atoms with Gasteiger partial charge in [0.1, 0.15) is 4.91 Å². The van der Waals surface area contributed by atoms with Crippen LogP contribution in [-0.2, 0) is 11.2 Å². The van der Waals surface area contributed by atoms with Gasteiger partial charge >= 0.3 is 0 Å². The zero-order valence-electron chi connectivity index (χ0n) is 14.7. The number of para-hydroxylation sites is 1. The Labute approximate surface area is 162 Å². The molecule has 4 rings (SSSR count). The highest BCUT2D eigenvalue weighted by Gasteiger charge is 2.36. The van der Waals surface area contributed by atoms with Crippen molar-refractivity contribution >= 4 is 40.3 Å². The second kappa shape index (κ2) is 7.21. The second-order valence-electron chi connectivity index (χ2n) is 6.13. The predicted octanol–water partition coefficient (Wildman–Crippen LogP) is 4.20. The van der Waals surface area contributed by atoms with Gasteiger partial charge < -0.3 is 4.90 Å². The van der Waals surface area contributed by atoms with Crippen molar-refractivity contribution in [1.29, 1.82) is 0 Å². The smallest absolute Gasteiger partial charge is 0.269 e. The highest BCUT2D eigenvalue weighted by Crippen LogP contribution is 2.49. The monoisotopic (exact) mass is 381 g/mol. The van der Waals surface area contributed by atoms with E-state index in [0.717, 1.165) is 27.2 Å². The molecule has 26 heavy (non-hydrogen) atoms. The van der Waals surface area contributed by atoms with Gasteiger partial charge in [0.15, 0.2) is 5.17 Å². The third kappa shape index (κ3) is 3.15. The molecule has 0 radical (unpaired) electrons. The van der Waals surface area contributed by atoms with E-state index in [9.17, 15) is 4.79 Å². The van der Waals surface area contributed by atoms with Gasteiger partial charge in [0.25, 0.3) is 5.91 Å². The Morgan fingerprint density at radius 3 is 2.42 bits per heavy atom. The zero-order chi connectivity index (χ0) is 18.1. The topological polar surface area (TPSA) is 35.9 Å². The van der Waals surface area contributed by atoms with Crippen LogP contribution < -0.4 is 4.90 Å². The van der Waals surface area contributed by atoms with Gasteiger partial charge in [0, 0.05) is 25.5 Å². The minimum atomic E-state index is 0.0237. The maximum atomic E-state index is 12.8. The first-order valence-electron chi connectivity index (χ1n) is 8.44. The number of nitrogens with zero attached hydrogens (tertiary/aromatic N) is 3. The van der Waals surface area contributed by atoms with Crippen LogP contribution in [0.4, 0.5) is 5.69 Å². The summed E-state index contributed by atoms with van der Waals surface area (Å²) in [7, 11) is 3.82. The van der Waals surface area contributed by atoms with Gasteiger partial charge in [0.2, 0.25) is 0 Å². The lowest BCUT2D eigenvalue weighted by atomic mass is 10.2. The molecule has 0 aliphatic carbocycles. The minimum absolute atomic E-state index is 0.0237. The number of fused-ring (bicyclic) bond motifs is 1. The standard InChI is InChI=1S/C20H19N3OS2/c1-22-15-10-6-7-11-16(15)25-19(22)17-18(24)23(2)20(26-17)21-13-12-14-8-4-3-5-9-14/h3-11H,12-13H2,1-2H3/b19-17-,21-20?. The van der Waals surface area contributed by atoms with Crippen molar-refractivity contribution < 1.29 is 4.79 Å². The van der Waals surface area contributed by atoms with Crippen LogP contribution in [0.15, 0.2) is 74.4 Å². The number of amidine groups is 1. The summed E-state index contributed by atoms with van der Waals surface area (Å²) >= 11 is 3.13. The summed E-state index contributed by atoms with van der Waals surface area (Å²) in [4.78, 5) is 23.1. The molecule has 0 saturated carbocycles. The van der Waals surface area contributed by atoms with Crippen molar-refractivity contribution in [2.75, 3.05) is 25.5 Å². The minimum Gasteiger partial charge on any atom is -0.337 e. The molecule has 1 fully saturated rings. The molecule has 0 atom stereocenters. The van der Waals surface area contributed by atoms with E-state index in [4.69, 9.17) is 0 Å². The quantitative estimate of drug-likeness (QED) is 0.747. The van der Waals surface area contributed by atoms with Gasteiger partial charge in [0.05, 0.1) is 10.7 Å².